The van der Waals surface area contributed by atoms with Gasteiger partial charge < -0.3 is 9.73 Å². The number of aromatic nitrogens is 1. The number of anilines is 1. The summed E-state index contributed by atoms with van der Waals surface area (Å²) in [6, 6.07) is 15.5. The lowest BCUT2D eigenvalue weighted by Crippen LogP contribution is -2.14. The third kappa shape index (κ3) is 4.06. The van der Waals surface area contributed by atoms with Gasteiger partial charge in [-0.3, -0.25) is 14.9 Å². The zero-order valence-electron chi connectivity index (χ0n) is 16.8. The molecule has 1 N–H and O–H groups in total. The van der Waals surface area contributed by atoms with Crippen LogP contribution in [0, 0.1) is 17.0 Å². The van der Waals surface area contributed by atoms with Crippen LogP contribution in [-0.2, 0) is 6.42 Å². The summed E-state index contributed by atoms with van der Waals surface area (Å²) >= 11 is 3.53. The largest absolute Gasteiger partial charge is 0.435 e. The maximum atomic E-state index is 12.6. The molecule has 7 nitrogen and oxygen atoms in total. The van der Waals surface area contributed by atoms with Crippen molar-refractivity contribution in [3.8, 4) is 11.5 Å². The molecule has 0 aliphatic rings. The number of nitrogens with zero attached hydrogens (tertiary/aromatic N) is 2. The summed E-state index contributed by atoms with van der Waals surface area (Å²) in [6.07, 6.45) is 0.898. The molecule has 4 rings (SSSR count). The highest BCUT2D eigenvalue weighted by Gasteiger charge is 2.18. The van der Waals surface area contributed by atoms with Gasteiger partial charge in [-0.1, -0.05) is 13.0 Å². The standard InChI is InChI=1S/C23H18BrN3O4/c1-3-14-11-18(24)21-19(12-14)26-23(31-21)15-7-9-16(10-8-15)25-22(28)17-5-4-6-20(13(17)2)27(29)30/h4-12H,3H2,1-2H3,(H,25,28). The van der Waals surface area contributed by atoms with Crippen molar-refractivity contribution in [2.45, 2.75) is 20.3 Å². The van der Waals surface area contributed by atoms with E-state index in [-0.39, 0.29) is 11.3 Å². The van der Waals surface area contributed by atoms with Crippen molar-refractivity contribution in [3.63, 3.8) is 0 Å². The number of aryl methyl sites for hydroxylation is 1. The highest BCUT2D eigenvalue weighted by molar-refractivity contribution is 9.10. The van der Waals surface area contributed by atoms with Gasteiger partial charge in [0.05, 0.1) is 9.40 Å². The van der Waals surface area contributed by atoms with Gasteiger partial charge in [-0.05, 0) is 77.3 Å². The molecule has 4 aromatic rings. The molecule has 1 amide bonds. The van der Waals surface area contributed by atoms with Crippen molar-refractivity contribution >= 4 is 44.3 Å². The molecule has 1 heterocycles. The molecule has 0 radical (unpaired) electrons. The molecule has 0 spiro atoms. The number of fused-ring (bicyclic) bond motifs is 1. The molecule has 8 heteroatoms. The molecule has 1 aromatic heterocycles. The maximum absolute atomic E-state index is 12.6. The van der Waals surface area contributed by atoms with Gasteiger partial charge >= 0.3 is 0 Å². The summed E-state index contributed by atoms with van der Waals surface area (Å²) in [4.78, 5) is 27.8. The molecule has 156 valence electrons. The van der Waals surface area contributed by atoms with Crippen LogP contribution in [0.1, 0.15) is 28.4 Å². The Morgan fingerprint density at radius 3 is 2.61 bits per heavy atom. The number of hydrogen-bond acceptors (Lipinski definition) is 5. The lowest BCUT2D eigenvalue weighted by molar-refractivity contribution is -0.385. The molecule has 0 bridgehead atoms. The van der Waals surface area contributed by atoms with E-state index in [9.17, 15) is 14.9 Å². The number of carbonyl (C=O) groups is 1. The topological polar surface area (TPSA) is 98.3 Å². The van der Waals surface area contributed by atoms with Gasteiger partial charge in [-0.15, -0.1) is 0 Å². The lowest BCUT2D eigenvalue weighted by atomic mass is 10.1. The van der Waals surface area contributed by atoms with E-state index in [1.54, 1.807) is 37.3 Å². The van der Waals surface area contributed by atoms with Crippen molar-refractivity contribution in [3.05, 3.63) is 85.9 Å². The number of carbonyl (C=O) groups excluding carboxylic acids is 1. The Balaban J connectivity index is 1.57. The zero-order valence-corrected chi connectivity index (χ0v) is 18.4. The van der Waals surface area contributed by atoms with Crippen molar-refractivity contribution in [1.82, 2.24) is 4.98 Å². The van der Waals surface area contributed by atoms with E-state index in [0.29, 0.717) is 22.7 Å². The fourth-order valence-corrected chi connectivity index (χ4v) is 3.91. The molecule has 0 aliphatic heterocycles. The molecule has 0 unspecified atom stereocenters. The summed E-state index contributed by atoms with van der Waals surface area (Å²) in [6.45, 7) is 3.64. The number of nitro benzene ring substituents is 1. The number of rotatable bonds is 5. The second-order valence-corrected chi connectivity index (χ2v) is 7.89. The van der Waals surface area contributed by atoms with Crippen LogP contribution < -0.4 is 5.32 Å². The van der Waals surface area contributed by atoms with Crippen LogP contribution in [0.25, 0.3) is 22.6 Å². The molecule has 0 aliphatic carbocycles. The van der Waals surface area contributed by atoms with Gasteiger partial charge in [0.1, 0.15) is 5.52 Å². The summed E-state index contributed by atoms with van der Waals surface area (Å²) in [7, 11) is 0. The average molecular weight is 480 g/mol. The van der Waals surface area contributed by atoms with E-state index >= 15 is 0 Å². The maximum Gasteiger partial charge on any atom is 0.273 e. The monoisotopic (exact) mass is 479 g/mol. The minimum absolute atomic E-state index is 0.0867. The smallest absolute Gasteiger partial charge is 0.273 e. The first-order valence-electron chi connectivity index (χ1n) is 9.62. The van der Waals surface area contributed by atoms with Crippen LogP contribution in [-0.4, -0.2) is 15.8 Å². The Morgan fingerprint density at radius 1 is 1.19 bits per heavy atom. The number of hydrogen-bond donors (Lipinski definition) is 1. The van der Waals surface area contributed by atoms with Gasteiger partial charge in [0, 0.05) is 28.4 Å². The number of halogens is 1. The molecule has 3 aromatic carbocycles. The Bertz CT molecular complexity index is 1310. The van der Waals surface area contributed by atoms with Gasteiger partial charge in [-0.2, -0.15) is 0 Å². The molecule has 31 heavy (non-hydrogen) atoms. The van der Waals surface area contributed by atoms with Crippen LogP contribution in [0.3, 0.4) is 0 Å². The SMILES string of the molecule is CCc1cc(Br)c2oc(-c3ccc(NC(=O)c4cccc([N+](=O)[O-])c4C)cc3)nc2c1. The molecule has 0 saturated heterocycles. The molecule has 0 atom stereocenters. The summed E-state index contributed by atoms with van der Waals surface area (Å²) < 4.78 is 6.77. The van der Waals surface area contributed by atoms with Gasteiger partial charge in [0.25, 0.3) is 11.6 Å². The Kier molecular flexibility index (Phi) is 5.56. The molecule has 0 saturated carbocycles. The van der Waals surface area contributed by atoms with Crippen molar-refractivity contribution in [2.24, 2.45) is 0 Å². The number of oxazole rings is 1. The van der Waals surface area contributed by atoms with E-state index < -0.39 is 10.8 Å². The van der Waals surface area contributed by atoms with Gasteiger partial charge in [0.15, 0.2) is 5.58 Å². The van der Waals surface area contributed by atoms with Crippen LogP contribution in [0.2, 0.25) is 0 Å². The van der Waals surface area contributed by atoms with Gasteiger partial charge in [-0.25, -0.2) is 4.98 Å². The van der Waals surface area contributed by atoms with Crippen LogP contribution in [0.15, 0.2) is 63.5 Å². The van der Waals surface area contributed by atoms with E-state index in [1.807, 2.05) is 12.1 Å². The Morgan fingerprint density at radius 2 is 1.94 bits per heavy atom. The normalized spacial score (nSPS) is 10.9. The average Bonchev–Trinajstić information content (AvgIpc) is 3.19. The summed E-state index contributed by atoms with van der Waals surface area (Å²) in [5.74, 6) is 0.0724. The predicted octanol–water partition coefficient (Wildman–Crippen LogP) is 6.29. The van der Waals surface area contributed by atoms with E-state index in [4.69, 9.17) is 4.42 Å². The number of nitrogens with one attached hydrogen (secondary N) is 1. The Labute approximate surface area is 186 Å². The highest BCUT2D eigenvalue weighted by Crippen LogP contribution is 2.31. The first-order valence-corrected chi connectivity index (χ1v) is 10.4. The Hall–Kier alpha value is -3.52. The summed E-state index contributed by atoms with van der Waals surface area (Å²) in [5, 5.41) is 13.9. The van der Waals surface area contributed by atoms with Crippen molar-refractivity contribution in [1.29, 1.82) is 0 Å². The summed E-state index contributed by atoms with van der Waals surface area (Å²) in [5.41, 5.74) is 4.45. The minimum Gasteiger partial charge on any atom is -0.435 e. The van der Waals surface area contributed by atoms with Gasteiger partial charge in [0.2, 0.25) is 5.89 Å². The molecular formula is C23H18BrN3O4. The first kappa shape index (κ1) is 20.7. The van der Waals surface area contributed by atoms with Crippen LogP contribution in [0.5, 0.6) is 0 Å². The highest BCUT2D eigenvalue weighted by atomic mass is 79.9. The second kappa shape index (κ2) is 8.31. The predicted molar refractivity (Wildman–Crippen MR) is 122 cm³/mol. The number of nitro groups is 1. The third-order valence-corrected chi connectivity index (χ3v) is 5.64. The fourth-order valence-electron chi connectivity index (χ4n) is 3.34. The van der Waals surface area contributed by atoms with Crippen molar-refractivity contribution < 1.29 is 14.1 Å². The second-order valence-electron chi connectivity index (χ2n) is 7.04. The fraction of sp³-hybridized carbons (Fsp3) is 0.130. The number of amides is 1. The molecular weight excluding hydrogens is 462 g/mol. The number of benzene rings is 3. The van der Waals surface area contributed by atoms with E-state index in [2.05, 4.69) is 33.2 Å². The lowest BCUT2D eigenvalue weighted by Gasteiger charge is -2.08. The van der Waals surface area contributed by atoms with E-state index in [1.165, 1.54) is 12.1 Å². The van der Waals surface area contributed by atoms with Crippen LogP contribution in [0.4, 0.5) is 11.4 Å². The third-order valence-electron chi connectivity index (χ3n) is 5.05. The minimum atomic E-state index is -0.497. The van der Waals surface area contributed by atoms with Crippen molar-refractivity contribution in [2.75, 3.05) is 5.32 Å². The quantitative estimate of drug-likeness (QED) is 0.268. The zero-order chi connectivity index (χ0) is 22.1. The molecule has 0 fully saturated rings. The van der Waals surface area contributed by atoms with Crippen LogP contribution >= 0.6 is 15.9 Å². The first-order chi connectivity index (χ1) is 14.9. The van der Waals surface area contributed by atoms with E-state index in [0.717, 1.165) is 27.5 Å².